The maximum atomic E-state index is 8.92. The molecule has 0 saturated heterocycles. The molecule has 3 rings (SSSR count). The molecule has 3 nitrogen and oxygen atoms in total. The molecule has 0 radical (unpaired) electrons. The van der Waals surface area contributed by atoms with Gasteiger partial charge in [0, 0.05) is 0 Å². The molecule has 0 aromatic heterocycles. The fourth-order valence-corrected chi connectivity index (χ4v) is 3.02. The molecule has 0 aliphatic heterocycles. The fraction of sp³-hybridized carbons (Fsp3) is 0.250. The van der Waals surface area contributed by atoms with Gasteiger partial charge >= 0.3 is 0 Å². The van der Waals surface area contributed by atoms with Crippen molar-refractivity contribution in [3.8, 4) is 5.75 Å². The molecule has 1 N–H and O–H groups in total. The van der Waals surface area contributed by atoms with Gasteiger partial charge in [-0.2, -0.15) is 0 Å². The summed E-state index contributed by atoms with van der Waals surface area (Å²) >= 11 is 0. The van der Waals surface area contributed by atoms with Gasteiger partial charge in [0.1, 0.15) is 5.75 Å². The molecule has 0 fully saturated rings. The molecule has 1 aliphatic rings. The Hall–Kier alpha value is -2.55. The van der Waals surface area contributed by atoms with Crippen molar-refractivity contribution >= 4 is 11.8 Å². The normalized spacial score (nSPS) is 14.2. The second-order valence-corrected chi connectivity index (χ2v) is 5.93. The van der Waals surface area contributed by atoms with Crippen LogP contribution in [0.4, 0.5) is 0 Å². The molecule has 2 aromatic carbocycles. The molecule has 3 heteroatoms. The molecule has 1 aliphatic carbocycles. The summed E-state index contributed by atoms with van der Waals surface area (Å²) in [5.74, 6) is 0.923. The lowest BCUT2D eigenvalue weighted by atomic mass is 9.88. The van der Waals surface area contributed by atoms with Gasteiger partial charge in [0.15, 0.2) is 0 Å². The van der Waals surface area contributed by atoms with Gasteiger partial charge in [0.2, 0.25) is 0 Å². The van der Waals surface area contributed by atoms with Crippen LogP contribution in [-0.4, -0.2) is 18.0 Å². The van der Waals surface area contributed by atoms with E-state index >= 15 is 0 Å². The predicted octanol–water partition coefficient (Wildman–Crippen LogP) is 4.47. The van der Waals surface area contributed by atoms with Gasteiger partial charge in [0.25, 0.3) is 0 Å². The maximum absolute atomic E-state index is 8.92. The van der Waals surface area contributed by atoms with E-state index in [9.17, 15) is 0 Å². The van der Waals surface area contributed by atoms with Crippen LogP contribution >= 0.6 is 0 Å². The summed E-state index contributed by atoms with van der Waals surface area (Å²) in [4.78, 5) is 0. The largest absolute Gasteiger partial charge is 0.497 e. The molecule has 2 aromatic rings. The molecule has 0 bridgehead atoms. The number of allylic oxidation sites excluding steroid dienone is 1. The first-order chi connectivity index (χ1) is 11.2. The van der Waals surface area contributed by atoms with Gasteiger partial charge in [-0.05, 0) is 66.6 Å². The highest BCUT2D eigenvalue weighted by Crippen LogP contribution is 2.29. The third-order valence-corrected chi connectivity index (χ3v) is 4.35. The van der Waals surface area contributed by atoms with E-state index in [-0.39, 0.29) is 0 Å². The average Bonchev–Trinajstić information content (AvgIpc) is 2.60. The van der Waals surface area contributed by atoms with E-state index in [0.717, 1.165) is 30.6 Å². The lowest BCUT2D eigenvalue weighted by molar-refractivity contribution is 0.319. The van der Waals surface area contributed by atoms with E-state index in [0.29, 0.717) is 5.71 Å². The van der Waals surface area contributed by atoms with Crippen molar-refractivity contribution in [2.75, 3.05) is 7.11 Å². The first-order valence-electron chi connectivity index (χ1n) is 7.84. The van der Waals surface area contributed by atoms with Crippen LogP contribution in [0.1, 0.15) is 35.6 Å². The molecule has 23 heavy (non-hydrogen) atoms. The number of aryl methyl sites for hydroxylation is 1. The number of fused-ring (bicyclic) bond motifs is 1. The van der Waals surface area contributed by atoms with Crippen LogP contribution in [0.15, 0.2) is 53.2 Å². The lowest BCUT2D eigenvalue weighted by Gasteiger charge is -2.17. The Morgan fingerprint density at radius 2 is 2.04 bits per heavy atom. The van der Waals surface area contributed by atoms with Crippen LogP contribution in [0.25, 0.3) is 6.08 Å². The molecule has 0 saturated carbocycles. The molecular weight excluding hydrogens is 286 g/mol. The first-order valence-corrected chi connectivity index (χ1v) is 7.84. The van der Waals surface area contributed by atoms with E-state index < -0.39 is 0 Å². The van der Waals surface area contributed by atoms with Gasteiger partial charge in [-0.1, -0.05) is 41.1 Å². The summed E-state index contributed by atoms with van der Waals surface area (Å²) in [6.45, 7) is 1.81. The third kappa shape index (κ3) is 3.45. The van der Waals surface area contributed by atoms with Gasteiger partial charge in [-0.15, -0.1) is 0 Å². The second kappa shape index (κ2) is 6.69. The topological polar surface area (TPSA) is 41.8 Å². The number of nitrogens with zero attached hydrogens (tertiary/aromatic N) is 1. The molecule has 118 valence electrons. The van der Waals surface area contributed by atoms with Gasteiger partial charge < -0.3 is 9.94 Å². The Balaban J connectivity index is 1.82. The van der Waals surface area contributed by atoms with Crippen LogP contribution in [-0.2, 0) is 12.8 Å². The van der Waals surface area contributed by atoms with Crippen LogP contribution in [0.2, 0.25) is 0 Å². The Bertz CT molecular complexity index is 775. The smallest absolute Gasteiger partial charge is 0.119 e. The predicted molar refractivity (Wildman–Crippen MR) is 93.4 cm³/mol. The number of ether oxygens (including phenoxy) is 1. The quantitative estimate of drug-likeness (QED) is 0.514. The Morgan fingerprint density at radius 1 is 1.17 bits per heavy atom. The van der Waals surface area contributed by atoms with Crippen LogP contribution in [0, 0.1) is 0 Å². The van der Waals surface area contributed by atoms with Crippen molar-refractivity contribution in [1.82, 2.24) is 0 Å². The monoisotopic (exact) mass is 307 g/mol. The number of oxime groups is 1. The van der Waals surface area contributed by atoms with Crippen molar-refractivity contribution < 1.29 is 9.94 Å². The van der Waals surface area contributed by atoms with Gasteiger partial charge in [0.05, 0.1) is 12.8 Å². The summed E-state index contributed by atoms with van der Waals surface area (Å²) in [5, 5.41) is 12.2. The van der Waals surface area contributed by atoms with Gasteiger partial charge in [-0.3, -0.25) is 0 Å². The number of rotatable bonds is 4. The Kier molecular flexibility index (Phi) is 4.47. The number of hydrogen-bond donors (Lipinski definition) is 1. The van der Waals surface area contributed by atoms with Crippen molar-refractivity contribution in [2.24, 2.45) is 5.16 Å². The zero-order chi connectivity index (χ0) is 16.2. The fourth-order valence-electron chi connectivity index (χ4n) is 3.02. The molecule has 0 spiro atoms. The second-order valence-electron chi connectivity index (χ2n) is 5.93. The van der Waals surface area contributed by atoms with Crippen molar-refractivity contribution in [3.63, 3.8) is 0 Å². The van der Waals surface area contributed by atoms with E-state index in [2.05, 4.69) is 35.5 Å². The van der Waals surface area contributed by atoms with Gasteiger partial charge in [-0.25, -0.2) is 0 Å². The van der Waals surface area contributed by atoms with E-state index in [1.54, 1.807) is 7.11 Å². The minimum Gasteiger partial charge on any atom is -0.497 e. The average molecular weight is 307 g/mol. The number of benzene rings is 2. The summed E-state index contributed by atoms with van der Waals surface area (Å²) in [5.41, 5.74) is 6.92. The zero-order valence-corrected chi connectivity index (χ0v) is 13.5. The lowest BCUT2D eigenvalue weighted by Crippen LogP contribution is -2.03. The van der Waals surface area contributed by atoms with E-state index in [4.69, 9.17) is 9.94 Å². The SMILES string of the molecule is COc1ccc2c(c1)CCC(Cc1cccc(/C(C)=N/O)c1)=C2. The van der Waals surface area contributed by atoms with Crippen LogP contribution in [0.5, 0.6) is 5.75 Å². The Labute approximate surface area is 136 Å². The standard InChI is InChI=1S/C20H21NO2/c1-14(21-22)17-5-3-4-15(11-17)10-16-6-7-19-13-20(23-2)9-8-18(19)12-16/h3-5,8-9,11-13,22H,6-7,10H2,1-2H3/b21-14+. The van der Waals surface area contributed by atoms with Crippen LogP contribution in [0.3, 0.4) is 0 Å². The highest BCUT2D eigenvalue weighted by molar-refractivity contribution is 5.98. The summed E-state index contributed by atoms with van der Waals surface area (Å²) in [6, 6.07) is 14.5. The zero-order valence-electron chi connectivity index (χ0n) is 13.5. The van der Waals surface area contributed by atoms with Crippen molar-refractivity contribution in [3.05, 3.63) is 70.3 Å². The first kappa shape index (κ1) is 15.3. The highest BCUT2D eigenvalue weighted by atomic mass is 16.5. The summed E-state index contributed by atoms with van der Waals surface area (Å²) < 4.78 is 5.30. The molecule has 0 heterocycles. The number of hydrogen-bond acceptors (Lipinski definition) is 3. The van der Waals surface area contributed by atoms with Crippen molar-refractivity contribution in [2.45, 2.75) is 26.2 Å². The number of methoxy groups -OCH3 is 1. The van der Waals surface area contributed by atoms with E-state index in [1.807, 2.05) is 25.1 Å². The molecular formula is C20H21NO2. The Morgan fingerprint density at radius 3 is 2.83 bits per heavy atom. The summed E-state index contributed by atoms with van der Waals surface area (Å²) in [6.07, 6.45) is 5.34. The molecule has 0 unspecified atom stereocenters. The minimum absolute atomic E-state index is 0.641. The van der Waals surface area contributed by atoms with Crippen LogP contribution < -0.4 is 4.74 Å². The summed E-state index contributed by atoms with van der Waals surface area (Å²) in [7, 11) is 1.70. The molecule has 0 atom stereocenters. The van der Waals surface area contributed by atoms with E-state index in [1.165, 1.54) is 22.3 Å². The molecule has 0 amide bonds. The third-order valence-electron chi connectivity index (χ3n) is 4.35. The highest BCUT2D eigenvalue weighted by Gasteiger charge is 2.12. The maximum Gasteiger partial charge on any atom is 0.119 e. The minimum atomic E-state index is 0.641. The van der Waals surface area contributed by atoms with Crippen molar-refractivity contribution in [1.29, 1.82) is 0 Å².